The number of rotatable bonds is 9. The Balaban J connectivity index is 1.88. The van der Waals surface area contributed by atoms with Crippen molar-refractivity contribution < 1.29 is 0 Å². The summed E-state index contributed by atoms with van der Waals surface area (Å²) in [7, 11) is 0. The molecule has 1 unspecified atom stereocenters. The second-order valence-corrected chi connectivity index (χ2v) is 6.22. The van der Waals surface area contributed by atoms with Gasteiger partial charge in [-0.2, -0.15) is 0 Å². The summed E-state index contributed by atoms with van der Waals surface area (Å²) in [6, 6.07) is 8.71. The van der Waals surface area contributed by atoms with E-state index in [4.69, 9.17) is 11.6 Å². The van der Waals surface area contributed by atoms with E-state index < -0.39 is 0 Å². The number of nitrogens with zero attached hydrogens (tertiary/aromatic N) is 1. The van der Waals surface area contributed by atoms with E-state index >= 15 is 0 Å². The van der Waals surface area contributed by atoms with Gasteiger partial charge in [-0.1, -0.05) is 37.6 Å². The molecule has 0 amide bonds. The number of halogens is 1. The number of nitrogens with one attached hydrogen (secondary N) is 1. The summed E-state index contributed by atoms with van der Waals surface area (Å²) < 4.78 is 0. The van der Waals surface area contributed by atoms with Crippen molar-refractivity contribution in [3.8, 4) is 0 Å². The maximum atomic E-state index is 5.98. The molecule has 1 aliphatic carbocycles. The average Bonchev–Trinajstić information content (AvgIpc) is 3.27. The second kappa shape index (κ2) is 8.02. The SMILES string of the molecule is CCNC(CCN(CC)CC1CC1)c1ccc(Cl)cc1. The van der Waals surface area contributed by atoms with E-state index in [1.165, 1.54) is 31.5 Å². The van der Waals surface area contributed by atoms with E-state index in [9.17, 15) is 0 Å². The predicted molar refractivity (Wildman–Crippen MR) is 87.3 cm³/mol. The first-order chi connectivity index (χ1) is 9.72. The number of hydrogen-bond acceptors (Lipinski definition) is 2. The van der Waals surface area contributed by atoms with Crippen LogP contribution in [0, 0.1) is 5.92 Å². The monoisotopic (exact) mass is 294 g/mol. The molecule has 0 bridgehead atoms. The van der Waals surface area contributed by atoms with Crippen molar-refractivity contribution in [1.29, 1.82) is 0 Å². The zero-order valence-corrected chi connectivity index (χ0v) is 13.5. The summed E-state index contributed by atoms with van der Waals surface area (Å²) >= 11 is 5.98. The third-order valence-corrected chi connectivity index (χ3v) is 4.37. The quantitative estimate of drug-likeness (QED) is 0.737. The van der Waals surface area contributed by atoms with Crippen molar-refractivity contribution in [3.05, 3.63) is 34.9 Å². The van der Waals surface area contributed by atoms with Crippen molar-refractivity contribution in [1.82, 2.24) is 10.2 Å². The normalized spacial score (nSPS) is 16.6. The fraction of sp³-hybridized carbons (Fsp3) is 0.647. The Morgan fingerprint density at radius 2 is 1.95 bits per heavy atom. The number of hydrogen-bond donors (Lipinski definition) is 1. The van der Waals surface area contributed by atoms with Crippen LogP contribution < -0.4 is 5.32 Å². The molecular formula is C17H27ClN2. The number of benzene rings is 1. The Kier molecular flexibility index (Phi) is 6.34. The van der Waals surface area contributed by atoms with Crippen molar-refractivity contribution in [2.75, 3.05) is 26.2 Å². The highest BCUT2D eigenvalue weighted by molar-refractivity contribution is 6.30. The third kappa shape index (κ3) is 5.08. The average molecular weight is 295 g/mol. The van der Waals surface area contributed by atoms with Crippen LogP contribution in [0.25, 0.3) is 0 Å². The van der Waals surface area contributed by atoms with Gasteiger partial charge in [0.05, 0.1) is 0 Å². The van der Waals surface area contributed by atoms with Gasteiger partial charge in [-0.05, 0) is 62.5 Å². The lowest BCUT2D eigenvalue weighted by molar-refractivity contribution is 0.259. The molecule has 1 aliphatic rings. The summed E-state index contributed by atoms with van der Waals surface area (Å²) in [6.45, 7) is 9.07. The lowest BCUT2D eigenvalue weighted by atomic mass is 10.0. The fourth-order valence-corrected chi connectivity index (χ4v) is 2.81. The molecule has 0 heterocycles. The van der Waals surface area contributed by atoms with Gasteiger partial charge in [0.2, 0.25) is 0 Å². The minimum atomic E-state index is 0.436. The highest BCUT2D eigenvalue weighted by Gasteiger charge is 2.24. The van der Waals surface area contributed by atoms with Crippen LogP contribution in [0.4, 0.5) is 0 Å². The van der Waals surface area contributed by atoms with Gasteiger partial charge in [0.25, 0.3) is 0 Å². The zero-order valence-electron chi connectivity index (χ0n) is 12.7. The minimum absolute atomic E-state index is 0.436. The highest BCUT2D eigenvalue weighted by atomic mass is 35.5. The topological polar surface area (TPSA) is 15.3 Å². The Labute approximate surface area is 128 Å². The Morgan fingerprint density at radius 1 is 1.25 bits per heavy atom. The van der Waals surface area contributed by atoms with Gasteiger partial charge in [0.15, 0.2) is 0 Å². The maximum Gasteiger partial charge on any atom is 0.0406 e. The van der Waals surface area contributed by atoms with Crippen molar-refractivity contribution in [3.63, 3.8) is 0 Å². The molecular weight excluding hydrogens is 268 g/mol. The van der Waals surface area contributed by atoms with Gasteiger partial charge >= 0.3 is 0 Å². The molecule has 112 valence electrons. The second-order valence-electron chi connectivity index (χ2n) is 5.79. The molecule has 0 saturated heterocycles. The van der Waals surface area contributed by atoms with Crippen LogP contribution in [0.5, 0.6) is 0 Å². The van der Waals surface area contributed by atoms with Crippen molar-refractivity contribution >= 4 is 11.6 Å². The van der Waals surface area contributed by atoms with Gasteiger partial charge in [-0.15, -0.1) is 0 Å². The summed E-state index contributed by atoms with van der Waals surface area (Å²) in [5.74, 6) is 0.975. The smallest absolute Gasteiger partial charge is 0.0406 e. The zero-order chi connectivity index (χ0) is 14.4. The van der Waals surface area contributed by atoms with Gasteiger partial charge < -0.3 is 10.2 Å². The molecule has 1 fully saturated rings. The van der Waals surface area contributed by atoms with Crippen LogP contribution in [0.3, 0.4) is 0 Å². The van der Waals surface area contributed by atoms with Gasteiger partial charge in [-0.25, -0.2) is 0 Å². The van der Waals surface area contributed by atoms with Crippen molar-refractivity contribution in [2.24, 2.45) is 5.92 Å². The summed E-state index contributed by atoms with van der Waals surface area (Å²) in [5.41, 5.74) is 1.35. The Bertz CT molecular complexity index is 386. The lowest BCUT2D eigenvalue weighted by Gasteiger charge is -2.24. The van der Waals surface area contributed by atoms with E-state index in [2.05, 4.69) is 36.2 Å². The van der Waals surface area contributed by atoms with E-state index in [0.29, 0.717) is 6.04 Å². The van der Waals surface area contributed by atoms with Crippen LogP contribution in [-0.2, 0) is 0 Å². The summed E-state index contributed by atoms with van der Waals surface area (Å²) in [6.07, 6.45) is 4.03. The highest BCUT2D eigenvalue weighted by Crippen LogP contribution is 2.30. The van der Waals surface area contributed by atoms with Crippen LogP contribution in [0.15, 0.2) is 24.3 Å². The molecule has 0 aromatic heterocycles. The van der Waals surface area contributed by atoms with Crippen LogP contribution >= 0.6 is 11.6 Å². The maximum absolute atomic E-state index is 5.98. The first-order valence-electron chi connectivity index (χ1n) is 7.94. The fourth-order valence-electron chi connectivity index (χ4n) is 2.68. The van der Waals surface area contributed by atoms with Crippen LogP contribution in [0.1, 0.15) is 44.7 Å². The standard InChI is InChI=1S/C17H27ClN2/c1-3-19-17(15-7-9-16(18)10-8-15)11-12-20(4-2)13-14-5-6-14/h7-10,14,17,19H,3-6,11-13H2,1-2H3. The van der Waals surface area contributed by atoms with E-state index in [1.54, 1.807) is 0 Å². The van der Waals surface area contributed by atoms with Gasteiger partial charge in [-0.3, -0.25) is 0 Å². The molecule has 3 heteroatoms. The molecule has 2 nitrogen and oxygen atoms in total. The van der Waals surface area contributed by atoms with E-state index in [-0.39, 0.29) is 0 Å². The molecule has 0 aliphatic heterocycles. The molecule has 1 aromatic carbocycles. The third-order valence-electron chi connectivity index (χ3n) is 4.12. The van der Waals surface area contributed by atoms with Gasteiger partial charge in [0, 0.05) is 17.6 Å². The van der Waals surface area contributed by atoms with Gasteiger partial charge in [0.1, 0.15) is 0 Å². The van der Waals surface area contributed by atoms with E-state index in [1.807, 2.05) is 12.1 Å². The molecule has 0 radical (unpaired) electrons. The van der Waals surface area contributed by atoms with E-state index in [0.717, 1.165) is 30.5 Å². The predicted octanol–water partition coefficient (Wildman–Crippen LogP) is 4.11. The Morgan fingerprint density at radius 3 is 2.50 bits per heavy atom. The molecule has 0 spiro atoms. The lowest BCUT2D eigenvalue weighted by Crippen LogP contribution is -2.31. The first kappa shape index (κ1) is 15.8. The minimum Gasteiger partial charge on any atom is -0.310 e. The summed E-state index contributed by atoms with van der Waals surface area (Å²) in [5, 5.41) is 4.41. The largest absolute Gasteiger partial charge is 0.310 e. The molecule has 20 heavy (non-hydrogen) atoms. The molecule has 1 N–H and O–H groups in total. The Hall–Kier alpha value is -0.570. The first-order valence-corrected chi connectivity index (χ1v) is 8.32. The van der Waals surface area contributed by atoms with Crippen molar-refractivity contribution in [2.45, 2.75) is 39.2 Å². The molecule has 1 saturated carbocycles. The molecule has 2 rings (SSSR count). The summed E-state index contributed by atoms with van der Waals surface area (Å²) in [4.78, 5) is 2.60. The molecule has 1 atom stereocenters. The van der Waals surface area contributed by atoms with Crippen LogP contribution in [-0.4, -0.2) is 31.1 Å². The molecule has 1 aromatic rings. The van der Waals surface area contributed by atoms with Crippen LogP contribution in [0.2, 0.25) is 5.02 Å².